The van der Waals surface area contributed by atoms with E-state index in [1.165, 1.54) is 6.07 Å². The van der Waals surface area contributed by atoms with E-state index in [0.29, 0.717) is 10.0 Å². The predicted octanol–water partition coefficient (Wildman–Crippen LogP) is 3.05. The zero-order valence-electron chi connectivity index (χ0n) is 8.71. The second-order valence-electron chi connectivity index (χ2n) is 3.54. The van der Waals surface area contributed by atoms with E-state index in [0.717, 1.165) is 0 Å². The van der Waals surface area contributed by atoms with Crippen molar-refractivity contribution in [2.24, 2.45) is 0 Å². The summed E-state index contributed by atoms with van der Waals surface area (Å²) in [6.45, 7) is 3.93. The fourth-order valence-electron chi connectivity index (χ4n) is 1.15. The third-order valence-corrected chi connectivity index (χ3v) is 2.76. The number of aliphatic hydroxyl groups excluding tert-OH is 1. The highest BCUT2D eigenvalue weighted by Crippen LogP contribution is 2.26. The van der Waals surface area contributed by atoms with Crippen molar-refractivity contribution in [3.8, 4) is 0 Å². The fourth-order valence-corrected chi connectivity index (χ4v) is 1.68. The smallest absolute Gasteiger partial charge is 0.137 e. The SMILES string of the molecule is CC(C)OCC(O)c1cccc(F)c1Br. The molecule has 1 N–H and O–H groups in total. The lowest BCUT2D eigenvalue weighted by Gasteiger charge is -2.15. The van der Waals surface area contributed by atoms with Crippen LogP contribution in [0.25, 0.3) is 0 Å². The summed E-state index contributed by atoms with van der Waals surface area (Å²) < 4.78 is 18.7. The van der Waals surface area contributed by atoms with Crippen molar-refractivity contribution in [1.82, 2.24) is 0 Å². The first-order valence-corrected chi connectivity index (χ1v) is 5.55. The largest absolute Gasteiger partial charge is 0.386 e. The van der Waals surface area contributed by atoms with Gasteiger partial charge in [0.15, 0.2) is 0 Å². The molecule has 1 unspecified atom stereocenters. The van der Waals surface area contributed by atoms with Crippen LogP contribution in [0.3, 0.4) is 0 Å². The summed E-state index contributed by atoms with van der Waals surface area (Å²) in [7, 11) is 0. The monoisotopic (exact) mass is 276 g/mol. The number of rotatable bonds is 4. The number of halogens is 2. The minimum absolute atomic E-state index is 0.0481. The Morgan fingerprint density at radius 3 is 2.73 bits per heavy atom. The zero-order valence-corrected chi connectivity index (χ0v) is 10.3. The van der Waals surface area contributed by atoms with Crippen LogP contribution in [0, 0.1) is 5.82 Å². The number of ether oxygens (including phenoxy) is 1. The molecule has 1 aromatic carbocycles. The minimum Gasteiger partial charge on any atom is -0.386 e. The van der Waals surface area contributed by atoms with Gasteiger partial charge in [0.25, 0.3) is 0 Å². The molecule has 0 saturated carbocycles. The molecule has 0 bridgehead atoms. The lowest BCUT2D eigenvalue weighted by Crippen LogP contribution is -2.12. The van der Waals surface area contributed by atoms with Crippen molar-refractivity contribution in [2.45, 2.75) is 26.1 Å². The molecular formula is C11H14BrFO2. The van der Waals surface area contributed by atoms with Gasteiger partial charge < -0.3 is 9.84 Å². The van der Waals surface area contributed by atoms with Crippen LogP contribution in [-0.4, -0.2) is 17.8 Å². The van der Waals surface area contributed by atoms with Crippen LogP contribution in [0.4, 0.5) is 4.39 Å². The third-order valence-electron chi connectivity index (χ3n) is 1.93. The van der Waals surface area contributed by atoms with E-state index in [1.807, 2.05) is 13.8 Å². The standard InChI is InChI=1S/C11H14BrFO2/c1-7(2)15-6-10(14)8-4-3-5-9(13)11(8)12/h3-5,7,10,14H,6H2,1-2H3. The first-order valence-electron chi connectivity index (χ1n) is 4.76. The van der Waals surface area contributed by atoms with Gasteiger partial charge in [0.1, 0.15) is 11.9 Å². The Balaban J connectivity index is 2.73. The lowest BCUT2D eigenvalue weighted by molar-refractivity contribution is 0.00454. The maximum Gasteiger partial charge on any atom is 0.137 e. The van der Waals surface area contributed by atoms with Crippen molar-refractivity contribution >= 4 is 15.9 Å². The Morgan fingerprint density at radius 1 is 1.47 bits per heavy atom. The Kier molecular flexibility index (Phi) is 4.70. The summed E-state index contributed by atoms with van der Waals surface area (Å²) in [5.74, 6) is -0.379. The van der Waals surface area contributed by atoms with E-state index in [1.54, 1.807) is 12.1 Å². The van der Waals surface area contributed by atoms with Crippen LogP contribution < -0.4 is 0 Å². The molecule has 0 saturated heterocycles. The van der Waals surface area contributed by atoms with Gasteiger partial charge in [-0.05, 0) is 41.4 Å². The second-order valence-corrected chi connectivity index (χ2v) is 4.33. The van der Waals surface area contributed by atoms with Crippen molar-refractivity contribution in [3.63, 3.8) is 0 Å². The molecule has 84 valence electrons. The molecule has 1 aromatic rings. The van der Waals surface area contributed by atoms with Gasteiger partial charge in [-0.3, -0.25) is 0 Å². The normalized spacial score (nSPS) is 13.2. The van der Waals surface area contributed by atoms with Gasteiger partial charge in [0, 0.05) is 0 Å². The van der Waals surface area contributed by atoms with E-state index < -0.39 is 6.10 Å². The van der Waals surface area contributed by atoms with Crippen molar-refractivity contribution < 1.29 is 14.2 Å². The van der Waals surface area contributed by atoms with Gasteiger partial charge in [0.05, 0.1) is 17.2 Å². The van der Waals surface area contributed by atoms with E-state index in [-0.39, 0.29) is 18.5 Å². The zero-order chi connectivity index (χ0) is 11.4. The number of benzene rings is 1. The van der Waals surface area contributed by atoms with Crippen molar-refractivity contribution in [1.29, 1.82) is 0 Å². The molecule has 1 rings (SSSR count). The molecule has 0 spiro atoms. The second kappa shape index (κ2) is 5.58. The molecular weight excluding hydrogens is 263 g/mol. The van der Waals surface area contributed by atoms with Crippen LogP contribution in [0.15, 0.2) is 22.7 Å². The average Bonchev–Trinajstić information content (AvgIpc) is 2.18. The average molecular weight is 277 g/mol. The van der Waals surface area contributed by atoms with Crippen LogP contribution in [0.5, 0.6) is 0 Å². The lowest BCUT2D eigenvalue weighted by atomic mass is 10.1. The molecule has 0 aromatic heterocycles. The van der Waals surface area contributed by atoms with Gasteiger partial charge in [-0.25, -0.2) is 4.39 Å². The molecule has 15 heavy (non-hydrogen) atoms. The summed E-state index contributed by atoms with van der Waals surface area (Å²) in [6, 6.07) is 4.57. The van der Waals surface area contributed by atoms with Crippen LogP contribution >= 0.6 is 15.9 Å². The highest BCUT2D eigenvalue weighted by Gasteiger charge is 2.14. The third kappa shape index (κ3) is 3.55. The first kappa shape index (κ1) is 12.6. The number of hydrogen-bond acceptors (Lipinski definition) is 2. The molecule has 0 amide bonds. The summed E-state index contributed by atoms with van der Waals surface area (Å²) in [5.41, 5.74) is 0.510. The van der Waals surface area contributed by atoms with Crippen LogP contribution in [-0.2, 0) is 4.74 Å². The summed E-state index contributed by atoms with van der Waals surface area (Å²) in [5, 5.41) is 9.75. The molecule has 2 nitrogen and oxygen atoms in total. The Hall–Kier alpha value is -0.450. The summed E-state index contributed by atoms with van der Waals surface area (Å²) in [4.78, 5) is 0. The highest BCUT2D eigenvalue weighted by molar-refractivity contribution is 9.10. The van der Waals surface area contributed by atoms with Gasteiger partial charge in [-0.1, -0.05) is 12.1 Å². The molecule has 0 aliphatic heterocycles. The molecule has 1 atom stereocenters. The van der Waals surface area contributed by atoms with Gasteiger partial charge >= 0.3 is 0 Å². The van der Waals surface area contributed by atoms with Crippen LogP contribution in [0.2, 0.25) is 0 Å². The van der Waals surface area contributed by atoms with Crippen molar-refractivity contribution in [2.75, 3.05) is 6.61 Å². The molecule has 4 heteroatoms. The van der Waals surface area contributed by atoms with Gasteiger partial charge in [0.2, 0.25) is 0 Å². The van der Waals surface area contributed by atoms with Gasteiger partial charge in [-0.15, -0.1) is 0 Å². The van der Waals surface area contributed by atoms with Gasteiger partial charge in [-0.2, -0.15) is 0 Å². The maximum absolute atomic E-state index is 13.1. The van der Waals surface area contributed by atoms with E-state index in [4.69, 9.17) is 4.74 Å². The molecule has 0 aliphatic rings. The maximum atomic E-state index is 13.1. The number of hydrogen-bond donors (Lipinski definition) is 1. The Labute approximate surface area is 97.2 Å². The Morgan fingerprint density at radius 2 is 2.13 bits per heavy atom. The van der Waals surface area contributed by atoms with E-state index >= 15 is 0 Å². The quantitative estimate of drug-likeness (QED) is 0.916. The van der Waals surface area contributed by atoms with Crippen molar-refractivity contribution in [3.05, 3.63) is 34.1 Å². The fraction of sp³-hybridized carbons (Fsp3) is 0.455. The first-order chi connectivity index (χ1) is 7.02. The highest BCUT2D eigenvalue weighted by atomic mass is 79.9. The minimum atomic E-state index is -0.808. The summed E-state index contributed by atoms with van der Waals surface area (Å²) >= 11 is 3.10. The summed E-state index contributed by atoms with van der Waals surface area (Å²) in [6.07, 6.45) is -0.760. The molecule has 0 fully saturated rings. The van der Waals surface area contributed by atoms with E-state index in [9.17, 15) is 9.50 Å². The molecule has 0 heterocycles. The number of aliphatic hydroxyl groups is 1. The molecule has 0 radical (unpaired) electrons. The Bertz CT molecular complexity index is 328. The molecule has 0 aliphatic carbocycles. The topological polar surface area (TPSA) is 29.5 Å². The van der Waals surface area contributed by atoms with E-state index in [2.05, 4.69) is 15.9 Å². The predicted molar refractivity (Wildman–Crippen MR) is 60.1 cm³/mol. The van der Waals surface area contributed by atoms with Crippen LogP contribution in [0.1, 0.15) is 25.5 Å².